The van der Waals surface area contributed by atoms with Crippen LogP contribution in [0.5, 0.6) is 0 Å². The first-order valence-electron chi connectivity index (χ1n) is 7.89. The molecule has 0 radical (unpaired) electrons. The van der Waals surface area contributed by atoms with Crippen molar-refractivity contribution in [3.8, 4) is 0 Å². The van der Waals surface area contributed by atoms with E-state index in [-0.39, 0.29) is 17.9 Å². The van der Waals surface area contributed by atoms with Gasteiger partial charge in [0.1, 0.15) is 0 Å². The van der Waals surface area contributed by atoms with Crippen molar-refractivity contribution in [1.82, 2.24) is 10.2 Å². The Hall–Kier alpha value is -1.84. The van der Waals surface area contributed by atoms with E-state index in [2.05, 4.69) is 5.32 Å². The number of amides is 2. The molecule has 1 saturated heterocycles. The molecule has 3 rings (SSSR count). The number of carbonyl (C=O) groups excluding carboxylic acids is 2. The SMILES string of the molecule is O=C(N[C@@H]1CCN(C(=O)C2CCCC2)C1)c1ccccc1. The summed E-state index contributed by atoms with van der Waals surface area (Å²) in [5, 5.41) is 3.04. The Bertz CT molecular complexity index is 509. The molecule has 1 saturated carbocycles. The monoisotopic (exact) mass is 286 g/mol. The standard InChI is InChI=1S/C17H22N2O2/c20-16(13-6-2-1-3-7-13)18-15-10-11-19(12-15)17(21)14-8-4-5-9-14/h1-3,6-7,14-15H,4-5,8-12H2,(H,18,20)/t15-/m1/s1. The van der Waals surface area contributed by atoms with Crippen molar-refractivity contribution in [2.45, 2.75) is 38.1 Å². The number of hydrogen-bond acceptors (Lipinski definition) is 2. The third-order valence-corrected chi connectivity index (χ3v) is 4.58. The van der Waals surface area contributed by atoms with E-state index in [0.29, 0.717) is 18.0 Å². The predicted octanol–water partition coefficient (Wildman–Crippen LogP) is 2.21. The zero-order valence-electron chi connectivity index (χ0n) is 12.3. The summed E-state index contributed by atoms with van der Waals surface area (Å²) in [6.45, 7) is 1.43. The molecular weight excluding hydrogens is 264 g/mol. The fourth-order valence-corrected chi connectivity index (χ4v) is 3.37. The molecule has 1 aliphatic heterocycles. The van der Waals surface area contributed by atoms with Crippen LogP contribution in [-0.4, -0.2) is 35.8 Å². The fourth-order valence-electron chi connectivity index (χ4n) is 3.37. The maximum Gasteiger partial charge on any atom is 0.251 e. The Kier molecular flexibility index (Phi) is 4.23. The number of likely N-dealkylation sites (tertiary alicyclic amines) is 1. The van der Waals surface area contributed by atoms with E-state index < -0.39 is 0 Å². The summed E-state index contributed by atoms with van der Waals surface area (Å²) in [5.41, 5.74) is 0.679. The number of benzene rings is 1. The normalized spacial score (nSPS) is 22.5. The lowest BCUT2D eigenvalue weighted by molar-refractivity contribution is -0.134. The summed E-state index contributed by atoms with van der Waals surface area (Å²) in [4.78, 5) is 26.4. The van der Waals surface area contributed by atoms with Crippen molar-refractivity contribution in [3.63, 3.8) is 0 Å². The summed E-state index contributed by atoms with van der Waals surface area (Å²) in [6.07, 6.45) is 5.29. The average molecular weight is 286 g/mol. The van der Waals surface area contributed by atoms with E-state index in [1.165, 1.54) is 12.8 Å². The fraction of sp³-hybridized carbons (Fsp3) is 0.529. The molecule has 0 unspecified atom stereocenters. The minimum atomic E-state index is -0.0456. The summed E-state index contributed by atoms with van der Waals surface area (Å²) < 4.78 is 0. The molecule has 112 valence electrons. The third kappa shape index (κ3) is 3.26. The van der Waals surface area contributed by atoms with Crippen LogP contribution in [0.4, 0.5) is 0 Å². The van der Waals surface area contributed by atoms with Crippen LogP contribution in [0.3, 0.4) is 0 Å². The van der Waals surface area contributed by atoms with Crippen LogP contribution in [0.25, 0.3) is 0 Å². The molecule has 0 aromatic heterocycles. The van der Waals surface area contributed by atoms with Crippen molar-refractivity contribution in [1.29, 1.82) is 0 Å². The Morgan fingerprint density at radius 3 is 2.48 bits per heavy atom. The van der Waals surface area contributed by atoms with Gasteiger partial charge in [-0.3, -0.25) is 9.59 Å². The van der Waals surface area contributed by atoms with Gasteiger partial charge >= 0.3 is 0 Å². The highest BCUT2D eigenvalue weighted by Gasteiger charge is 2.32. The maximum absolute atomic E-state index is 12.4. The van der Waals surface area contributed by atoms with Gasteiger partial charge in [0.2, 0.25) is 5.91 Å². The topological polar surface area (TPSA) is 49.4 Å². The third-order valence-electron chi connectivity index (χ3n) is 4.58. The summed E-state index contributed by atoms with van der Waals surface area (Å²) in [5.74, 6) is 0.480. The Morgan fingerprint density at radius 2 is 1.76 bits per heavy atom. The van der Waals surface area contributed by atoms with Crippen LogP contribution in [0, 0.1) is 5.92 Å². The molecule has 1 aromatic rings. The van der Waals surface area contributed by atoms with Crippen LogP contribution in [0.1, 0.15) is 42.5 Å². The molecule has 1 N–H and O–H groups in total. The van der Waals surface area contributed by atoms with E-state index in [9.17, 15) is 9.59 Å². The molecule has 4 heteroatoms. The number of nitrogens with zero attached hydrogens (tertiary/aromatic N) is 1. The Balaban J connectivity index is 1.52. The number of hydrogen-bond donors (Lipinski definition) is 1. The quantitative estimate of drug-likeness (QED) is 0.926. The van der Waals surface area contributed by atoms with Gasteiger partial charge < -0.3 is 10.2 Å². The van der Waals surface area contributed by atoms with Crippen LogP contribution < -0.4 is 5.32 Å². The van der Waals surface area contributed by atoms with Gasteiger partial charge in [0, 0.05) is 30.6 Å². The maximum atomic E-state index is 12.4. The second kappa shape index (κ2) is 6.29. The number of rotatable bonds is 3. The van der Waals surface area contributed by atoms with Crippen LogP contribution in [0.15, 0.2) is 30.3 Å². The Labute approximate surface area is 125 Å². The molecule has 4 nitrogen and oxygen atoms in total. The van der Waals surface area contributed by atoms with E-state index in [0.717, 1.165) is 25.8 Å². The lowest BCUT2D eigenvalue weighted by Gasteiger charge is -2.20. The lowest BCUT2D eigenvalue weighted by Crippen LogP contribution is -2.39. The van der Waals surface area contributed by atoms with E-state index in [1.807, 2.05) is 35.2 Å². The van der Waals surface area contributed by atoms with Gasteiger partial charge in [-0.05, 0) is 31.4 Å². The zero-order valence-corrected chi connectivity index (χ0v) is 12.3. The molecule has 0 bridgehead atoms. The molecule has 2 fully saturated rings. The van der Waals surface area contributed by atoms with Crippen molar-refractivity contribution < 1.29 is 9.59 Å². The molecule has 1 aliphatic carbocycles. The highest BCUT2D eigenvalue weighted by atomic mass is 16.2. The molecule has 2 aliphatic rings. The van der Waals surface area contributed by atoms with Gasteiger partial charge in [0.25, 0.3) is 5.91 Å². The summed E-state index contributed by atoms with van der Waals surface area (Å²) in [6, 6.07) is 9.33. The first-order valence-corrected chi connectivity index (χ1v) is 7.89. The zero-order chi connectivity index (χ0) is 14.7. The van der Waals surface area contributed by atoms with Gasteiger partial charge in [0.05, 0.1) is 0 Å². The van der Waals surface area contributed by atoms with Crippen molar-refractivity contribution in [3.05, 3.63) is 35.9 Å². The second-order valence-electron chi connectivity index (χ2n) is 6.09. The first kappa shape index (κ1) is 14.1. The van der Waals surface area contributed by atoms with Gasteiger partial charge in [-0.15, -0.1) is 0 Å². The van der Waals surface area contributed by atoms with Gasteiger partial charge in [0.15, 0.2) is 0 Å². The smallest absolute Gasteiger partial charge is 0.251 e. The van der Waals surface area contributed by atoms with E-state index >= 15 is 0 Å². The van der Waals surface area contributed by atoms with Gasteiger partial charge in [-0.2, -0.15) is 0 Å². The van der Waals surface area contributed by atoms with E-state index in [1.54, 1.807) is 0 Å². The van der Waals surface area contributed by atoms with Crippen molar-refractivity contribution in [2.24, 2.45) is 5.92 Å². The van der Waals surface area contributed by atoms with Gasteiger partial charge in [-0.1, -0.05) is 31.0 Å². The molecule has 1 aromatic carbocycles. The summed E-state index contributed by atoms with van der Waals surface area (Å²) >= 11 is 0. The molecule has 21 heavy (non-hydrogen) atoms. The molecule has 1 heterocycles. The Morgan fingerprint density at radius 1 is 1.05 bits per heavy atom. The minimum Gasteiger partial charge on any atom is -0.347 e. The summed E-state index contributed by atoms with van der Waals surface area (Å²) in [7, 11) is 0. The molecular formula is C17H22N2O2. The van der Waals surface area contributed by atoms with E-state index in [4.69, 9.17) is 0 Å². The number of nitrogens with one attached hydrogen (secondary N) is 1. The lowest BCUT2D eigenvalue weighted by atomic mass is 10.1. The predicted molar refractivity (Wildman–Crippen MR) is 80.9 cm³/mol. The largest absolute Gasteiger partial charge is 0.347 e. The van der Waals surface area contributed by atoms with Crippen molar-refractivity contribution in [2.75, 3.05) is 13.1 Å². The van der Waals surface area contributed by atoms with Crippen LogP contribution in [-0.2, 0) is 4.79 Å². The first-order chi connectivity index (χ1) is 10.2. The van der Waals surface area contributed by atoms with Gasteiger partial charge in [-0.25, -0.2) is 0 Å². The van der Waals surface area contributed by atoms with Crippen LogP contribution >= 0.6 is 0 Å². The molecule has 1 atom stereocenters. The van der Waals surface area contributed by atoms with Crippen molar-refractivity contribution >= 4 is 11.8 Å². The average Bonchev–Trinajstić information content (AvgIpc) is 3.19. The molecule has 0 spiro atoms. The molecule has 2 amide bonds. The highest BCUT2D eigenvalue weighted by Crippen LogP contribution is 2.27. The van der Waals surface area contributed by atoms with Crippen LogP contribution in [0.2, 0.25) is 0 Å². The second-order valence-corrected chi connectivity index (χ2v) is 6.09. The number of carbonyl (C=O) groups is 2. The minimum absolute atomic E-state index is 0.0456. The highest BCUT2D eigenvalue weighted by molar-refractivity contribution is 5.94.